The second-order valence-electron chi connectivity index (χ2n) is 6.39. The third-order valence-corrected chi connectivity index (χ3v) is 4.81. The third kappa shape index (κ3) is 3.73. The van der Waals surface area contributed by atoms with E-state index in [-0.39, 0.29) is 30.2 Å². The number of rotatable bonds is 4. The molecule has 2 fully saturated rings. The van der Waals surface area contributed by atoms with Crippen LogP contribution in [0.3, 0.4) is 0 Å². The Balaban J connectivity index is 1.49. The van der Waals surface area contributed by atoms with Crippen molar-refractivity contribution in [2.75, 3.05) is 32.7 Å². The number of imide groups is 1. The van der Waals surface area contributed by atoms with E-state index in [1.54, 1.807) is 12.1 Å². The average molecular weight is 335 g/mol. The first-order chi connectivity index (χ1) is 11.5. The summed E-state index contributed by atoms with van der Waals surface area (Å²) < 4.78 is 13.0. The molecular weight excluding hydrogens is 313 g/mol. The van der Waals surface area contributed by atoms with E-state index in [0.717, 1.165) is 18.4 Å². The van der Waals surface area contributed by atoms with Gasteiger partial charge < -0.3 is 10.4 Å². The van der Waals surface area contributed by atoms with Gasteiger partial charge in [-0.2, -0.15) is 0 Å². The van der Waals surface area contributed by atoms with E-state index in [0.29, 0.717) is 26.2 Å². The zero-order valence-corrected chi connectivity index (χ0v) is 13.4. The fraction of sp³-hybridized carbons (Fsp3) is 0.529. The van der Waals surface area contributed by atoms with Gasteiger partial charge in [-0.05, 0) is 49.5 Å². The number of nitrogens with one attached hydrogen (secondary N) is 1. The lowest BCUT2D eigenvalue weighted by molar-refractivity contribution is -0.129. The van der Waals surface area contributed by atoms with Crippen LogP contribution < -0.4 is 5.32 Å². The normalized spacial score (nSPS) is 20.9. The quantitative estimate of drug-likeness (QED) is 0.865. The van der Waals surface area contributed by atoms with Gasteiger partial charge in [-0.3, -0.25) is 14.6 Å². The highest BCUT2D eigenvalue weighted by Crippen LogP contribution is 2.30. The number of aliphatic hydroxyl groups is 1. The number of urea groups is 1. The molecule has 1 unspecified atom stereocenters. The molecule has 3 rings (SSSR count). The molecule has 0 saturated carbocycles. The van der Waals surface area contributed by atoms with Gasteiger partial charge in [0.15, 0.2) is 0 Å². The molecule has 2 aliphatic rings. The summed E-state index contributed by atoms with van der Waals surface area (Å²) in [6.45, 7) is 2.56. The van der Waals surface area contributed by atoms with E-state index in [9.17, 15) is 19.1 Å². The molecule has 7 heteroatoms. The minimum absolute atomic E-state index is 0.0944. The summed E-state index contributed by atoms with van der Waals surface area (Å²) in [5.74, 6) is -0.398. The summed E-state index contributed by atoms with van der Waals surface area (Å²) in [5.41, 5.74) is 0.722. The van der Waals surface area contributed by atoms with Crippen molar-refractivity contribution in [2.24, 2.45) is 5.92 Å². The van der Waals surface area contributed by atoms with Crippen molar-refractivity contribution in [2.45, 2.75) is 18.9 Å². The Bertz CT molecular complexity index is 600. The lowest BCUT2D eigenvalue weighted by atomic mass is 9.87. The molecule has 0 radical (unpaired) electrons. The van der Waals surface area contributed by atoms with Crippen LogP contribution in [0.1, 0.15) is 24.5 Å². The first-order valence-corrected chi connectivity index (χ1v) is 8.28. The fourth-order valence-electron chi connectivity index (χ4n) is 3.35. The van der Waals surface area contributed by atoms with Gasteiger partial charge >= 0.3 is 6.03 Å². The van der Waals surface area contributed by atoms with Crippen LogP contribution in [-0.4, -0.2) is 59.6 Å². The zero-order valence-electron chi connectivity index (χ0n) is 13.4. The van der Waals surface area contributed by atoms with Crippen LogP contribution in [0.15, 0.2) is 24.3 Å². The molecule has 6 nitrogen and oxygen atoms in total. The Hall–Kier alpha value is -1.99. The van der Waals surface area contributed by atoms with Crippen molar-refractivity contribution in [1.29, 1.82) is 0 Å². The number of benzene rings is 1. The minimum atomic E-state index is -0.618. The summed E-state index contributed by atoms with van der Waals surface area (Å²) in [4.78, 5) is 26.9. The molecule has 2 aliphatic heterocycles. The largest absolute Gasteiger partial charge is 0.388 e. The van der Waals surface area contributed by atoms with Crippen LogP contribution in [0.2, 0.25) is 0 Å². The summed E-state index contributed by atoms with van der Waals surface area (Å²) in [7, 11) is 0. The number of likely N-dealkylation sites (tertiary alicyclic amines) is 1. The molecule has 2 heterocycles. The van der Waals surface area contributed by atoms with Gasteiger partial charge in [0.1, 0.15) is 5.82 Å². The minimum Gasteiger partial charge on any atom is -0.388 e. The lowest BCUT2D eigenvalue weighted by Gasteiger charge is -2.34. The second kappa shape index (κ2) is 7.27. The van der Waals surface area contributed by atoms with Crippen LogP contribution in [0, 0.1) is 11.7 Å². The summed E-state index contributed by atoms with van der Waals surface area (Å²) in [6, 6.07) is 5.62. The second-order valence-corrected chi connectivity index (χ2v) is 6.39. The number of halogens is 1. The van der Waals surface area contributed by atoms with Crippen molar-refractivity contribution in [3.63, 3.8) is 0 Å². The van der Waals surface area contributed by atoms with E-state index >= 15 is 0 Å². The SMILES string of the molecule is O=C(CN1CCC(C(O)c2ccc(F)cc2)CC1)N1CCNC1=O. The molecule has 0 bridgehead atoms. The first kappa shape index (κ1) is 16.9. The number of nitrogens with zero attached hydrogens (tertiary/aromatic N) is 2. The molecule has 1 atom stereocenters. The molecular formula is C17H22FN3O3. The number of carbonyl (C=O) groups excluding carboxylic acids is 2. The van der Waals surface area contributed by atoms with E-state index in [2.05, 4.69) is 5.32 Å². The molecule has 3 amide bonds. The number of carbonyl (C=O) groups is 2. The Labute approximate surface area is 140 Å². The van der Waals surface area contributed by atoms with Crippen molar-refractivity contribution < 1.29 is 19.1 Å². The molecule has 2 N–H and O–H groups in total. The monoisotopic (exact) mass is 335 g/mol. The van der Waals surface area contributed by atoms with Gasteiger partial charge in [-0.25, -0.2) is 9.18 Å². The van der Waals surface area contributed by atoms with Crippen LogP contribution in [0.5, 0.6) is 0 Å². The van der Waals surface area contributed by atoms with E-state index < -0.39 is 6.10 Å². The first-order valence-electron chi connectivity index (χ1n) is 8.28. The summed E-state index contributed by atoms with van der Waals surface area (Å²) in [6.07, 6.45) is 0.906. The van der Waals surface area contributed by atoms with Crippen molar-refractivity contribution in [3.05, 3.63) is 35.6 Å². The van der Waals surface area contributed by atoms with Crippen molar-refractivity contribution in [1.82, 2.24) is 15.1 Å². The van der Waals surface area contributed by atoms with Crippen LogP contribution >= 0.6 is 0 Å². The van der Waals surface area contributed by atoms with Gasteiger partial charge in [-0.15, -0.1) is 0 Å². The molecule has 2 saturated heterocycles. The van der Waals surface area contributed by atoms with E-state index in [1.165, 1.54) is 17.0 Å². The number of hydrogen-bond acceptors (Lipinski definition) is 4. The molecule has 130 valence electrons. The highest BCUT2D eigenvalue weighted by Gasteiger charge is 2.30. The summed E-state index contributed by atoms with van der Waals surface area (Å²) >= 11 is 0. The van der Waals surface area contributed by atoms with Crippen LogP contribution in [0.25, 0.3) is 0 Å². The third-order valence-electron chi connectivity index (χ3n) is 4.81. The molecule has 0 spiro atoms. The molecule has 0 aromatic heterocycles. The summed E-state index contributed by atoms with van der Waals surface area (Å²) in [5, 5.41) is 13.1. The molecule has 0 aliphatic carbocycles. The predicted octanol–water partition coefficient (Wildman–Crippen LogP) is 1.12. The van der Waals surface area contributed by atoms with E-state index in [1.807, 2.05) is 4.90 Å². The Kier molecular flexibility index (Phi) is 5.11. The molecule has 24 heavy (non-hydrogen) atoms. The van der Waals surface area contributed by atoms with Gasteiger partial charge in [0.25, 0.3) is 0 Å². The fourth-order valence-corrected chi connectivity index (χ4v) is 3.35. The Morgan fingerprint density at radius 2 is 1.92 bits per heavy atom. The van der Waals surface area contributed by atoms with Gasteiger partial charge in [0.2, 0.25) is 5.91 Å². The average Bonchev–Trinajstić information content (AvgIpc) is 3.02. The zero-order chi connectivity index (χ0) is 17.1. The van der Waals surface area contributed by atoms with Crippen molar-refractivity contribution >= 4 is 11.9 Å². The highest BCUT2D eigenvalue weighted by atomic mass is 19.1. The standard InChI is InChI=1S/C17H22FN3O3/c18-14-3-1-12(2-4-14)16(23)13-5-8-20(9-6-13)11-15(22)21-10-7-19-17(21)24/h1-4,13,16,23H,5-11H2,(H,19,24). The number of piperidine rings is 1. The topological polar surface area (TPSA) is 72.9 Å². The maximum absolute atomic E-state index is 13.0. The predicted molar refractivity (Wildman–Crippen MR) is 85.6 cm³/mol. The van der Waals surface area contributed by atoms with Crippen LogP contribution in [-0.2, 0) is 4.79 Å². The maximum atomic E-state index is 13.0. The Morgan fingerprint density at radius 1 is 1.25 bits per heavy atom. The Morgan fingerprint density at radius 3 is 2.50 bits per heavy atom. The lowest BCUT2D eigenvalue weighted by Crippen LogP contribution is -2.45. The number of amides is 3. The van der Waals surface area contributed by atoms with Gasteiger partial charge in [0, 0.05) is 13.1 Å². The highest BCUT2D eigenvalue weighted by molar-refractivity contribution is 5.96. The number of aliphatic hydroxyl groups excluding tert-OH is 1. The smallest absolute Gasteiger partial charge is 0.324 e. The number of hydrogen-bond donors (Lipinski definition) is 2. The van der Waals surface area contributed by atoms with Crippen LogP contribution in [0.4, 0.5) is 9.18 Å². The maximum Gasteiger partial charge on any atom is 0.324 e. The molecule has 1 aromatic carbocycles. The van der Waals surface area contributed by atoms with E-state index in [4.69, 9.17) is 0 Å². The molecule has 1 aromatic rings. The van der Waals surface area contributed by atoms with Crippen molar-refractivity contribution in [3.8, 4) is 0 Å². The van der Waals surface area contributed by atoms with Gasteiger partial charge in [-0.1, -0.05) is 12.1 Å². The van der Waals surface area contributed by atoms with Gasteiger partial charge in [0.05, 0.1) is 12.6 Å².